The molecule has 2 saturated heterocycles. The second kappa shape index (κ2) is 8.66. The molecule has 0 aromatic carbocycles. The van der Waals surface area contributed by atoms with Crippen molar-refractivity contribution in [2.45, 2.75) is 44.2 Å². The maximum Gasteiger partial charge on any atom is 0.323 e. The molecule has 0 aromatic heterocycles. The third kappa shape index (κ3) is 5.15. The molecule has 2 aliphatic heterocycles. The van der Waals surface area contributed by atoms with Gasteiger partial charge in [0.05, 0.1) is 6.42 Å². The largest absolute Gasteiger partial charge is 0.480 e. The van der Waals surface area contributed by atoms with Crippen LogP contribution in [0.4, 0.5) is 0 Å². The molecule has 1 saturated carbocycles. The van der Waals surface area contributed by atoms with Crippen molar-refractivity contribution in [3.63, 3.8) is 0 Å². The fourth-order valence-corrected chi connectivity index (χ4v) is 4.01. The van der Waals surface area contributed by atoms with Crippen molar-refractivity contribution in [3.05, 3.63) is 0 Å². The van der Waals surface area contributed by atoms with Crippen molar-refractivity contribution in [1.29, 1.82) is 5.41 Å². The molecule has 160 valence electrons. The number of nitrogens with one attached hydrogen (secondary N) is 2. The van der Waals surface area contributed by atoms with Crippen LogP contribution in [-0.2, 0) is 19.2 Å². The van der Waals surface area contributed by atoms with Gasteiger partial charge in [-0.3, -0.25) is 24.6 Å². The number of aliphatic carboxylic acids is 1. The van der Waals surface area contributed by atoms with Crippen molar-refractivity contribution in [3.8, 4) is 0 Å². The normalized spacial score (nSPS) is 25.2. The zero-order valence-electron chi connectivity index (χ0n) is 16.3. The molecule has 0 spiro atoms. The maximum atomic E-state index is 12.8. The molecule has 0 radical (unpaired) electrons. The van der Waals surface area contributed by atoms with Gasteiger partial charge in [-0.1, -0.05) is 0 Å². The Labute approximate surface area is 168 Å². The molecule has 1 aliphatic carbocycles. The van der Waals surface area contributed by atoms with Gasteiger partial charge in [0.15, 0.2) is 5.96 Å². The molecule has 0 bridgehead atoms. The van der Waals surface area contributed by atoms with Gasteiger partial charge < -0.3 is 30.9 Å². The zero-order valence-corrected chi connectivity index (χ0v) is 16.3. The first-order valence-corrected chi connectivity index (χ1v) is 9.93. The molecule has 11 nitrogen and oxygen atoms in total. The van der Waals surface area contributed by atoms with E-state index in [0.717, 1.165) is 37.1 Å². The summed E-state index contributed by atoms with van der Waals surface area (Å²) in [7, 11) is 0. The quantitative estimate of drug-likeness (QED) is 0.291. The Balaban J connectivity index is 1.59. The monoisotopic (exact) mass is 408 g/mol. The van der Waals surface area contributed by atoms with Crippen molar-refractivity contribution in [1.82, 2.24) is 20.0 Å². The van der Waals surface area contributed by atoms with Crippen LogP contribution < -0.4 is 11.1 Å². The first-order valence-electron chi connectivity index (χ1n) is 9.93. The molecule has 11 heteroatoms. The van der Waals surface area contributed by atoms with Crippen LogP contribution in [0.2, 0.25) is 0 Å². The van der Waals surface area contributed by atoms with Gasteiger partial charge in [0, 0.05) is 25.7 Å². The molecule has 29 heavy (non-hydrogen) atoms. The number of piperazine rings is 1. The molecule has 2 atom stereocenters. The summed E-state index contributed by atoms with van der Waals surface area (Å²) >= 11 is 0. The Morgan fingerprint density at radius 1 is 1.24 bits per heavy atom. The van der Waals surface area contributed by atoms with E-state index in [2.05, 4.69) is 5.32 Å². The smallest absolute Gasteiger partial charge is 0.323 e. The number of guanidine groups is 1. The van der Waals surface area contributed by atoms with Crippen LogP contribution in [0.15, 0.2) is 0 Å². The van der Waals surface area contributed by atoms with Gasteiger partial charge in [-0.2, -0.15) is 0 Å². The minimum absolute atomic E-state index is 0.0109. The second-order valence-electron chi connectivity index (χ2n) is 7.98. The molecule has 0 aromatic rings. The molecular weight excluding hydrogens is 380 g/mol. The lowest BCUT2D eigenvalue weighted by Gasteiger charge is -2.39. The van der Waals surface area contributed by atoms with Crippen molar-refractivity contribution < 1.29 is 24.3 Å². The van der Waals surface area contributed by atoms with Crippen LogP contribution in [-0.4, -0.2) is 94.3 Å². The Kier molecular flexibility index (Phi) is 6.23. The number of amides is 3. The number of hydrogen-bond acceptors (Lipinski definition) is 5. The van der Waals surface area contributed by atoms with Crippen LogP contribution in [0.25, 0.3) is 0 Å². The summed E-state index contributed by atoms with van der Waals surface area (Å²) in [4.78, 5) is 53.1. The Morgan fingerprint density at radius 2 is 1.97 bits per heavy atom. The number of likely N-dealkylation sites (tertiary alicyclic amines) is 1. The number of rotatable bonds is 7. The highest BCUT2D eigenvalue weighted by atomic mass is 16.4. The van der Waals surface area contributed by atoms with E-state index >= 15 is 0 Å². The van der Waals surface area contributed by atoms with E-state index in [0.29, 0.717) is 13.1 Å². The third-order valence-corrected chi connectivity index (χ3v) is 5.69. The van der Waals surface area contributed by atoms with Crippen molar-refractivity contribution in [2.75, 3.05) is 32.7 Å². The van der Waals surface area contributed by atoms with E-state index in [1.165, 1.54) is 4.90 Å². The fraction of sp³-hybridized carbons (Fsp3) is 0.722. The Bertz CT molecular complexity index is 709. The first kappa shape index (κ1) is 20.9. The topological polar surface area (TPSA) is 160 Å². The van der Waals surface area contributed by atoms with Crippen LogP contribution in [0.5, 0.6) is 0 Å². The summed E-state index contributed by atoms with van der Waals surface area (Å²) in [5.41, 5.74) is 5.53. The average Bonchev–Trinajstić information content (AvgIpc) is 3.50. The lowest BCUT2D eigenvalue weighted by Crippen LogP contribution is -2.62. The molecule has 3 fully saturated rings. The molecule has 3 amide bonds. The number of nitrogens with zero attached hydrogens (tertiary/aromatic N) is 3. The molecule has 0 unspecified atom stereocenters. The number of carboxylic acids is 1. The number of carboxylic acid groups (broad SMARTS) is 1. The van der Waals surface area contributed by atoms with Crippen LogP contribution in [0, 0.1) is 11.3 Å². The highest BCUT2D eigenvalue weighted by molar-refractivity contribution is 5.99. The highest BCUT2D eigenvalue weighted by Crippen LogP contribution is 2.30. The molecule has 3 rings (SSSR count). The summed E-state index contributed by atoms with van der Waals surface area (Å²) in [6.07, 6.45) is 3.16. The maximum absolute atomic E-state index is 12.8. The number of hydrogen-bond donors (Lipinski definition) is 4. The van der Waals surface area contributed by atoms with Crippen molar-refractivity contribution in [2.24, 2.45) is 11.7 Å². The standard InChI is InChI=1S/C18H28N6O5/c19-18(20)22-5-1-2-11(8-22)7-21-14(25)6-13-17(29)23(12-3-4-12)9-15(26)24(13)10-16(27)28/h11-13H,1-10H2,(H3,19,20)(H,21,25)(H,27,28)/t11-,13-/m0/s1. The van der Waals surface area contributed by atoms with Crippen LogP contribution >= 0.6 is 0 Å². The number of carbonyl (C=O) groups excluding carboxylic acids is 3. The summed E-state index contributed by atoms with van der Waals surface area (Å²) in [6, 6.07) is -1.07. The highest BCUT2D eigenvalue weighted by Gasteiger charge is 2.46. The van der Waals surface area contributed by atoms with Crippen LogP contribution in [0.3, 0.4) is 0 Å². The number of piperidine rings is 1. The van der Waals surface area contributed by atoms with Crippen molar-refractivity contribution >= 4 is 29.7 Å². The lowest BCUT2D eigenvalue weighted by atomic mass is 9.98. The van der Waals surface area contributed by atoms with E-state index in [1.807, 2.05) is 0 Å². The molecule has 3 aliphatic rings. The van der Waals surface area contributed by atoms with Gasteiger partial charge in [-0.25, -0.2) is 0 Å². The van der Waals surface area contributed by atoms with Gasteiger partial charge in [-0.05, 0) is 31.6 Å². The summed E-state index contributed by atoms with van der Waals surface area (Å²) in [5.74, 6) is -2.27. The SMILES string of the molecule is N=C(N)N1CCC[C@@H](CNC(=O)C[C@H]2C(=O)N(C3CC3)CC(=O)N2CC(=O)O)C1. The molecule has 2 heterocycles. The first-order chi connectivity index (χ1) is 13.8. The van der Waals surface area contributed by atoms with Gasteiger partial charge in [0.25, 0.3) is 0 Å². The average molecular weight is 408 g/mol. The van der Waals surface area contributed by atoms with E-state index in [1.54, 1.807) is 4.90 Å². The third-order valence-electron chi connectivity index (χ3n) is 5.69. The fourth-order valence-electron chi connectivity index (χ4n) is 4.01. The predicted octanol–water partition coefficient (Wildman–Crippen LogP) is -1.62. The minimum Gasteiger partial charge on any atom is -0.480 e. The predicted molar refractivity (Wildman–Crippen MR) is 102 cm³/mol. The Hall–Kier alpha value is -2.85. The van der Waals surface area contributed by atoms with E-state index in [-0.39, 0.29) is 36.8 Å². The summed E-state index contributed by atoms with van der Waals surface area (Å²) in [5, 5.41) is 19.4. The van der Waals surface area contributed by atoms with Gasteiger partial charge >= 0.3 is 5.97 Å². The summed E-state index contributed by atoms with van der Waals surface area (Å²) in [6.45, 7) is 0.953. The van der Waals surface area contributed by atoms with E-state index in [4.69, 9.17) is 16.2 Å². The number of nitrogens with two attached hydrogens (primary N) is 1. The minimum atomic E-state index is -1.22. The van der Waals surface area contributed by atoms with Gasteiger partial charge in [0.2, 0.25) is 17.7 Å². The lowest BCUT2D eigenvalue weighted by molar-refractivity contribution is -0.161. The zero-order chi connectivity index (χ0) is 21.1. The van der Waals surface area contributed by atoms with Gasteiger partial charge in [-0.15, -0.1) is 0 Å². The van der Waals surface area contributed by atoms with Crippen LogP contribution in [0.1, 0.15) is 32.1 Å². The Morgan fingerprint density at radius 3 is 2.59 bits per heavy atom. The van der Waals surface area contributed by atoms with E-state index < -0.39 is 30.4 Å². The van der Waals surface area contributed by atoms with E-state index in [9.17, 15) is 19.2 Å². The molecular formula is C18H28N6O5. The van der Waals surface area contributed by atoms with Gasteiger partial charge in [0.1, 0.15) is 19.1 Å². The summed E-state index contributed by atoms with van der Waals surface area (Å²) < 4.78 is 0. The molecule has 5 N–H and O–H groups in total. The number of carbonyl (C=O) groups is 4. The second-order valence-corrected chi connectivity index (χ2v) is 7.98.